The molecule has 0 bridgehead atoms. The number of carbonyl (C=O) groups excluding carboxylic acids is 1. The van der Waals surface area contributed by atoms with E-state index in [4.69, 9.17) is 10.3 Å². The minimum Gasteiger partial charge on any atom is -0.468 e. The fourth-order valence-electron chi connectivity index (χ4n) is 2.22. The third-order valence-corrected chi connectivity index (χ3v) is 3.38. The lowest BCUT2D eigenvalue weighted by Gasteiger charge is -2.27. The standard InChI is InChI=1S/C15H15N3O2/c1-20-14(19)15(11-17-18-16)9-7-13(8-10-15)12-5-3-2-4-6-12/h2-9H,10-11H2,1H3. The summed E-state index contributed by atoms with van der Waals surface area (Å²) in [5, 5.41) is 3.53. The maximum Gasteiger partial charge on any atom is 0.316 e. The summed E-state index contributed by atoms with van der Waals surface area (Å²) < 4.78 is 4.83. The van der Waals surface area contributed by atoms with Gasteiger partial charge in [0.25, 0.3) is 0 Å². The first kappa shape index (κ1) is 13.9. The van der Waals surface area contributed by atoms with Gasteiger partial charge in [-0.3, -0.25) is 4.79 Å². The largest absolute Gasteiger partial charge is 0.468 e. The lowest BCUT2D eigenvalue weighted by molar-refractivity contribution is -0.149. The van der Waals surface area contributed by atoms with Crippen LogP contribution in [0.5, 0.6) is 0 Å². The van der Waals surface area contributed by atoms with Crippen LogP contribution >= 0.6 is 0 Å². The Morgan fingerprint density at radius 2 is 2.20 bits per heavy atom. The van der Waals surface area contributed by atoms with Crippen molar-refractivity contribution >= 4 is 11.5 Å². The summed E-state index contributed by atoms with van der Waals surface area (Å²) in [6.45, 7) is 0.0608. The number of hydrogen-bond donors (Lipinski definition) is 0. The number of esters is 1. The predicted molar refractivity (Wildman–Crippen MR) is 76.6 cm³/mol. The molecule has 20 heavy (non-hydrogen) atoms. The highest BCUT2D eigenvalue weighted by molar-refractivity contribution is 5.84. The topological polar surface area (TPSA) is 75.1 Å². The zero-order valence-electron chi connectivity index (χ0n) is 11.2. The van der Waals surface area contributed by atoms with Gasteiger partial charge in [0.15, 0.2) is 0 Å². The summed E-state index contributed by atoms with van der Waals surface area (Å²) in [4.78, 5) is 14.7. The molecule has 0 heterocycles. The number of carbonyl (C=O) groups is 1. The number of ether oxygens (including phenoxy) is 1. The molecule has 0 spiro atoms. The second-order valence-electron chi connectivity index (χ2n) is 4.60. The quantitative estimate of drug-likeness (QED) is 0.363. The molecular formula is C15H15N3O2. The molecule has 1 unspecified atom stereocenters. The fourth-order valence-corrected chi connectivity index (χ4v) is 2.22. The molecule has 0 fully saturated rings. The van der Waals surface area contributed by atoms with Crippen LogP contribution in [0.15, 0.2) is 53.7 Å². The number of hydrogen-bond acceptors (Lipinski definition) is 3. The summed E-state index contributed by atoms with van der Waals surface area (Å²) in [6.07, 6.45) is 6.08. The molecule has 0 N–H and O–H groups in total. The molecule has 1 atom stereocenters. The smallest absolute Gasteiger partial charge is 0.316 e. The van der Waals surface area contributed by atoms with Crippen LogP contribution in [0.2, 0.25) is 0 Å². The maximum absolute atomic E-state index is 12.0. The van der Waals surface area contributed by atoms with Gasteiger partial charge < -0.3 is 4.74 Å². The van der Waals surface area contributed by atoms with Crippen molar-refractivity contribution in [2.45, 2.75) is 6.42 Å². The van der Waals surface area contributed by atoms with Gasteiger partial charge in [0.05, 0.1) is 12.5 Å². The Bertz CT molecular complexity index is 601. The Morgan fingerprint density at radius 1 is 1.45 bits per heavy atom. The summed E-state index contributed by atoms with van der Waals surface area (Å²) in [6, 6.07) is 9.90. The summed E-state index contributed by atoms with van der Waals surface area (Å²) >= 11 is 0. The third kappa shape index (κ3) is 2.73. The summed E-state index contributed by atoms with van der Waals surface area (Å²) in [7, 11) is 1.34. The van der Waals surface area contributed by atoms with E-state index in [-0.39, 0.29) is 12.5 Å². The lowest BCUT2D eigenvalue weighted by atomic mass is 9.79. The molecule has 102 valence electrons. The van der Waals surface area contributed by atoms with E-state index >= 15 is 0 Å². The lowest BCUT2D eigenvalue weighted by Crippen LogP contribution is -2.34. The minimum atomic E-state index is -0.890. The molecule has 1 aliphatic rings. The van der Waals surface area contributed by atoms with E-state index in [1.807, 2.05) is 42.5 Å². The van der Waals surface area contributed by atoms with E-state index in [0.29, 0.717) is 6.42 Å². The molecule has 1 aromatic carbocycles. The third-order valence-electron chi connectivity index (χ3n) is 3.38. The summed E-state index contributed by atoms with van der Waals surface area (Å²) in [5.74, 6) is -0.385. The highest BCUT2D eigenvalue weighted by Gasteiger charge is 2.37. The van der Waals surface area contributed by atoms with Gasteiger partial charge in [-0.05, 0) is 23.1 Å². The average molecular weight is 269 g/mol. The molecule has 0 amide bonds. The Hall–Kier alpha value is -2.52. The van der Waals surface area contributed by atoms with Crippen LogP contribution in [0.25, 0.3) is 16.0 Å². The predicted octanol–water partition coefficient (Wildman–Crippen LogP) is 3.50. The van der Waals surface area contributed by atoms with Gasteiger partial charge in [-0.25, -0.2) is 0 Å². The number of azide groups is 1. The Morgan fingerprint density at radius 3 is 2.75 bits per heavy atom. The van der Waals surface area contributed by atoms with Crippen molar-refractivity contribution < 1.29 is 9.53 Å². The first-order valence-corrected chi connectivity index (χ1v) is 6.26. The average Bonchev–Trinajstić information content (AvgIpc) is 2.53. The van der Waals surface area contributed by atoms with Gasteiger partial charge >= 0.3 is 5.97 Å². The number of methoxy groups -OCH3 is 1. The molecule has 1 aliphatic carbocycles. The highest BCUT2D eigenvalue weighted by Crippen LogP contribution is 2.34. The molecule has 0 aliphatic heterocycles. The van der Waals surface area contributed by atoms with Gasteiger partial charge in [0, 0.05) is 11.5 Å². The normalized spacial score (nSPS) is 20.8. The van der Waals surface area contributed by atoms with Crippen LogP contribution in [-0.4, -0.2) is 19.6 Å². The van der Waals surface area contributed by atoms with Gasteiger partial charge in [-0.1, -0.05) is 53.7 Å². The Labute approximate surface area is 117 Å². The van der Waals surface area contributed by atoms with Crippen LogP contribution in [0.1, 0.15) is 12.0 Å². The van der Waals surface area contributed by atoms with E-state index < -0.39 is 5.41 Å². The van der Waals surface area contributed by atoms with Gasteiger partial charge in [-0.15, -0.1) is 0 Å². The Balaban J connectivity index is 2.26. The number of benzene rings is 1. The van der Waals surface area contributed by atoms with Crippen molar-refractivity contribution in [3.8, 4) is 0 Å². The van der Waals surface area contributed by atoms with E-state index in [2.05, 4.69) is 10.0 Å². The minimum absolute atomic E-state index is 0.0608. The molecule has 0 saturated heterocycles. The first-order valence-electron chi connectivity index (χ1n) is 6.26. The van der Waals surface area contributed by atoms with Crippen molar-refractivity contribution in [2.75, 3.05) is 13.7 Å². The van der Waals surface area contributed by atoms with Gasteiger partial charge in [-0.2, -0.15) is 0 Å². The number of rotatable bonds is 4. The summed E-state index contributed by atoms with van der Waals surface area (Å²) in [5.41, 5.74) is 9.71. The van der Waals surface area contributed by atoms with Crippen molar-refractivity contribution in [3.05, 3.63) is 64.6 Å². The van der Waals surface area contributed by atoms with E-state index in [9.17, 15) is 4.79 Å². The molecule has 1 aromatic rings. The van der Waals surface area contributed by atoms with Crippen LogP contribution in [0.3, 0.4) is 0 Å². The van der Waals surface area contributed by atoms with Crippen molar-refractivity contribution in [2.24, 2.45) is 10.5 Å². The van der Waals surface area contributed by atoms with Crippen molar-refractivity contribution in [3.63, 3.8) is 0 Å². The van der Waals surface area contributed by atoms with Crippen LogP contribution < -0.4 is 0 Å². The molecule has 5 heteroatoms. The van der Waals surface area contributed by atoms with Gasteiger partial charge in [0.1, 0.15) is 0 Å². The zero-order valence-corrected chi connectivity index (χ0v) is 11.2. The molecule has 0 saturated carbocycles. The van der Waals surface area contributed by atoms with Crippen LogP contribution in [0.4, 0.5) is 0 Å². The molecular weight excluding hydrogens is 254 g/mol. The van der Waals surface area contributed by atoms with Crippen molar-refractivity contribution in [1.82, 2.24) is 0 Å². The molecule has 0 aromatic heterocycles. The molecule has 5 nitrogen and oxygen atoms in total. The van der Waals surface area contributed by atoms with Crippen molar-refractivity contribution in [1.29, 1.82) is 0 Å². The second kappa shape index (κ2) is 6.08. The monoisotopic (exact) mass is 269 g/mol. The molecule has 2 rings (SSSR count). The van der Waals surface area contributed by atoms with E-state index in [1.54, 1.807) is 6.08 Å². The number of nitrogens with zero attached hydrogens (tertiary/aromatic N) is 3. The van der Waals surface area contributed by atoms with E-state index in [0.717, 1.165) is 11.1 Å². The maximum atomic E-state index is 12.0. The van der Waals surface area contributed by atoms with Crippen LogP contribution in [-0.2, 0) is 9.53 Å². The highest BCUT2D eigenvalue weighted by atomic mass is 16.5. The SMILES string of the molecule is COC(=O)C1(CN=[N+]=[N-])C=CC(c2ccccc2)=CC1. The number of allylic oxidation sites excluding steroid dienone is 3. The molecule has 0 radical (unpaired) electrons. The van der Waals surface area contributed by atoms with Crippen LogP contribution in [0, 0.1) is 5.41 Å². The fraction of sp³-hybridized carbons (Fsp3) is 0.267. The second-order valence-corrected chi connectivity index (χ2v) is 4.60. The zero-order chi connectivity index (χ0) is 14.4. The van der Waals surface area contributed by atoms with Gasteiger partial charge in [0.2, 0.25) is 0 Å². The first-order chi connectivity index (χ1) is 9.72. The van der Waals surface area contributed by atoms with E-state index in [1.165, 1.54) is 7.11 Å². The Kier molecular flexibility index (Phi) is 4.23.